The molecule has 5 nitrogen and oxygen atoms in total. The number of nitrogens with zero attached hydrogens (tertiary/aromatic N) is 1. The van der Waals surface area contributed by atoms with Crippen LogP contribution in [0.2, 0.25) is 0 Å². The molecular formula is C14H11NO4. The molecule has 1 aromatic carbocycles. The normalized spacial score (nSPS) is 9.74. The molecule has 0 atom stereocenters. The van der Waals surface area contributed by atoms with Gasteiger partial charge in [-0.3, -0.25) is 0 Å². The predicted octanol–water partition coefficient (Wildman–Crippen LogP) is 2.09. The molecule has 96 valence electrons. The zero-order chi connectivity index (χ0) is 13.7. The Morgan fingerprint density at radius 1 is 0.895 bits per heavy atom. The molecule has 19 heavy (non-hydrogen) atoms. The Labute approximate surface area is 109 Å². The quantitative estimate of drug-likeness (QED) is 0.622. The number of para-hydroxylation sites is 1. The molecule has 1 aromatic heterocycles. The summed E-state index contributed by atoms with van der Waals surface area (Å²) in [6.07, 6.45) is 0. The fourth-order valence-corrected chi connectivity index (χ4v) is 1.41. The van der Waals surface area contributed by atoms with Gasteiger partial charge in [-0.15, -0.1) is 0 Å². The average molecular weight is 257 g/mol. The summed E-state index contributed by atoms with van der Waals surface area (Å²) in [5.41, 5.74) is 0.108. The monoisotopic (exact) mass is 257 g/mol. The second kappa shape index (κ2) is 5.77. The standard InChI is InChI=1S/C14H11NO4/c1-18-13(16)11-8-5-9-12(15-11)14(17)19-10-6-3-2-4-7-10/h2-9H,1H3. The number of esters is 2. The van der Waals surface area contributed by atoms with E-state index in [1.54, 1.807) is 30.3 Å². The van der Waals surface area contributed by atoms with Crippen LogP contribution in [0.1, 0.15) is 21.0 Å². The van der Waals surface area contributed by atoms with E-state index in [0.717, 1.165) is 0 Å². The average Bonchev–Trinajstić information content (AvgIpc) is 2.47. The van der Waals surface area contributed by atoms with Crippen LogP contribution in [0.4, 0.5) is 0 Å². The van der Waals surface area contributed by atoms with Gasteiger partial charge in [0, 0.05) is 0 Å². The number of methoxy groups -OCH3 is 1. The highest BCUT2D eigenvalue weighted by Crippen LogP contribution is 2.11. The largest absolute Gasteiger partial charge is 0.464 e. The first-order valence-electron chi connectivity index (χ1n) is 5.53. The van der Waals surface area contributed by atoms with E-state index >= 15 is 0 Å². The van der Waals surface area contributed by atoms with Crippen LogP contribution in [-0.2, 0) is 4.74 Å². The minimum atomic E-state index is -0.628. The summed E-state index contributed by atoms with van der Waals surface area (Å²) in [6.45, 7) is 0. The van der Waals surface area contributed by atoms with Crippen LogP contribution >= 0.6 is 0 Å². The van der Waals surface area contributed by atoms with Gasteiger partial charge in [0.1, 0.15) is 17.1 Å². The fraction of sp³-hybridized carbons (Fsp3) is 0.0714. The van der Waals surface area contributed by atoms with Gasteiger partial charge in [0.25, 0.3) is 0 Å². The van der Waals surface area contributed by atoms with Gasteiger partial charge in [0.2, 0.25) is 0 Å². The van der Waals surface area contributed by atoms with Crippen LogP contribution in [-0.4, -0.2) is 24.0 Å². The van der Waals surface area contributed by atoms with Crippen LogP contribution < -0.4 is 4.74 Å². The van der Waals surface area contributed by atoms with E-state index in [0.29, 0.717) is 5.75 Å². The first-order valence-corrected chi connectivity index (χ1v) is 5.53. The van der Waals surface area contributed by atoms with Crippen molar-refractivity contribution in [3.8, 4) is 5.75 Å². The molecule has 5 heteroatoms. The minimum Gasteiger partial charge on any atom is -0.464 e. The predicted molar refractivity (Wildman–Crippen MR) is 67.0 cm³/mol. The molecule has 2 aromatic rings. The second-order valence-corrected chi connectivity index (χ2v) is 3.60. The molecule has 0 radical (unpaired) electrons. The Hall–Kier alpha value is -2.69. The van der Waals surface area contributed by atoms with Crippen molar-refractivity contribution in [2.24, 2.45) is 0 Å². The number of hydrogen-bond acceptors (Lipinski definition) is 5. The Bertz CT molecular complexity index is 595. The zero-order valence-electron chi connectivity index (χ0n) is 10.2. The summed E-state index contributed by atoms with van der Waals surface area (Å²) in [6, 6.07) is 13.1. The van der Waals surface area contributed by atoms with Gasteiger partial charge >= 0.3 is 11.9 Å². The zero-order valence-corrected chi connectivity index (χ0v) is 10.2. The number of benzene rings is 1. The Morgan fingerprint density at radius 2 is 1.53 bits per heavy atom. The van der Waals surface area contributed by atoms with Crippen molar-refractivity contribution < 1.29 is 19.1 Å². The molecule has 0 amide bonds. The molecule has 0 bridgehead atoms. The lowest BCUT2D eigenvalue weighted by molar-refractivity contribution is 0.0593. The third-order valence-electron chi connectivity index (χ3n) is 2.31. The first-order chi connectivity index (χ1) is 9.20. The number of aromatic nitrogens is 1. The lowest BCUT2D eigenvalue weighted by atomic mass is 10.3. The topological polar surface area (TPSA) is 65.5 Å². The number of carbonyl (C=O) groups excluding carboxylic acids is 2. The van der Waals surface area contributed by atoms with Crippen molar-refractivity contribution in [3.05, 3.63) is 59.9 Å². The number of rotatable bonds is 3. The molecule has 1 heterocycles. The number of pyridine rings is 1. The van der Waals surface area contributed by atoms with E-state index in [-0.39, 0.29) is 11.4 Å². The van der Waals surface area contributed by atoms with Crippen LogP contribution in [0.15, 0.2) is 48.5 Å². The highest BCUT2D eigenvalue weighted by molar-refractivity contribution is 5.92. The van der Waals surface area contributed by atoms with Gasteiger partial charge in [0.15, 0.2) is 0 Å². The summed E-state index contributed by atoms with van der Waals surface area (Å²) >= 11 is 0. The Morgan fingerprint density at radius 3 is 2.16 bits per heavy atom. The molecule has 0 spiro atoms. The van der Waals surface area contributed by atoms with E-state index in [9.17, 15) is 9.59 Å². The fourth-order valence-electron chi connectivity index (χ4n) is 1.41. The molecule has 0 N–H and O–H groups in total. The molecule has 0 unspecified atom stereocenters. The van der Waals surface area contributed by atoms with Gasteiger partial charge in [-0.1, -0.05) is 24.3 Å². The van der Waals surface area contributed by atoms with Crippen LogP contribution in [0.3, 0.4) is 0 Å². The molecule has 0 aliphatic carbocycles. The van der Waals surface area contributed by atoms with Crippen molar-refractivity contribution in [2.45, 2.75) is 0 Å². The molecule has 0 fully saturated rings. The Kier molecular flexibility index (Phi) is 3.87. The first kappa shape index (κ1) is 12.8. The molecule has 0 saturated heterocycles. The molecule has 0 aliphatic heterocycles. The van der Waals surface area contributed by atoms with E-state index < -0.39 is 11.9 Å². The maximum absolute atomic E-state index is 11.8. The molecule has 2 rings (SSSR count). The highest BCUT2D eigenvalue weighted by atomic mass is 16.5. The van der Waals surface area contributed by atoms with Crippen molar-refractivity contribution in [1.82, 2.24) is 4.98 Å². The Balaban J connectivity index is 2.18. The van der Waals surface area contributed by atoms with Gasteiger partial charge in [-0.05, 0) is 24.3 Å². The number of carbonyl (C=O) groups is 2. The number of ether oxygens (including phenoxy) is 2. The molecule has 0 saturated carbocycles. The van der Waals surface area contributed by atoms with Crippen molar-refractivity contribution in [2.75, 3.05) is 7.11 Å². The summed E-state index contributed by atoms with van der Waals surface area (Å²) in [4.78, 5) is 27.0. The third-order valence-corrected chi connectivity index (χ3v) is 2.31. The van der Waals surface area contributed by atoms with Crippen LogP contribution in [0, 0.1) is 0 Å². The van der Waals surface area contributed by atoms with Crippen LogP contribution in [0.25, 0.3) is 0 Å². The maximum Gasteiger partial charge on any atom is 0.362 e. The van der Waals surface area contributed by atoms with E-state index in [2.05, 4.69) is 9.72 Å². The second-order valence-electron chi connectivity index (χ2n) is 3.60. The molecule has 0 aliphatic rings. The van der Waals surface area contributed by atoms with Crippen molar-refractivity contribution in [1.29, 1.82) is 0 Å². The van der Waals surface area contributed by atoms with E-state index in [4.69, 9.17) is 4.74 Å². The number of hydrogen-bond donors (Lipinski definition) is 0. The SMILES string of the molecule is COC(=O)c1cccc(C(=O)Oc2ccccc2)n1. The maximum atomic E-state index is 11.8. The van der Waals surface area contributed by atoms with Gasteiger partial charge in [-0.2, -0.15) is 0 Å². The lowest BCUT2D eigenvalue weighted by Gasteiger charge is -2.04. The molecular weight excluding hydrogens is 246 g/mol. The third kappa shape index (κ3) is 3.16. The minimum absolute atomic E-state index is 0.0479. The summed E-state index contributed by atoms with van der Waals surface area (Å²) < 4.78 is 9.65. The van der Waals surface area contributed by atoms with Gasteiger partial charge in [-0.25, -0.2) is 14.6 Å². The van der Waals surface area contributed by atoms with E-state index in [1.807, 2.05) is 6.07 Å². The lowest BCUT2D eigenvalue weighted by Crippen LogP contribution is -2.13. The van der Waals surface area contributed by atoms with Gasteiger partial charge in [0.05, 0.1) is 7.11 Å². The van der Waals surface area contributed by atoms with Crippen molar-refractivity contribution >= 4 is 11.9 Å². The summed E-state index contributed by atoms with van der Waals surface area (Å²) in [7, 11) is 1.25. The smallest absolute Gasteiger partial charge is 0.362 e. The van der Waals surface area contributed by atoms with Crippen molar-refractivity contribution in [3.63, 3.8) is 0 Å². The van der Waals surface area contributed by atoms with E-state index in [1.165, 1.54) is 19.2 Å². The van der Waals surface area contributed by atoms with Crippen LogP contribution in [0.5, 0.6) is 5.75 Å². The van der Waals surface area contributed by atoms with Gasteiger partial charge < -0.3 is 9.47 Å². The summed E-state index contributed by atoms with van der Waals surface area (Å²) in [5.74, 6) is -0.816. The highest BCUT2D eigenvalue weighted by Gasteiger charge is 2.14. The summed E-state index contributed by atoms with van der Waals surface area (Å²) in [5, 5.41) is 0.